The fourth-order valence-electron chi connectivity index (χ4n) is 2.65. The number of benzene rings is 1. The summed E-state index contributed by atoms with van der Waals surface area (Å²) in [6, 6.07) is 7.23. The zero-order valence-corrected chi connectivity index (χ0v) is 12.9. The maximum atomic E-state index is 5.77. The van der Waals surface area contributed by atoms with Crippen molar-refractivity contribution in [2.75, 3.05) is 13.2 Å². The summed E-state index contributed by atoms with van der Waals surface area (Å²) in [5, 5.41) is 3.71. The average molecular weight is 277 g/mol. The van der Waals surface area contributed by atoms with Gasteiger partial charge in [0.2, 0.25) is 0 Å². The normalized spacial score (nSPS) is 17.4. The summed E-state index contributed by atoms with van der Waals surface area (Å²) in [7, 11) is 0. The standard InChI is InChI=1S/C17H27NO2/c1-4-7-15(5-2)18-13(3)14-8-9-16-17(12-14)20-11-6-10-19-16/h8-9,12-13,15,18H,4-7,10-11H2,1-3H3. The number of rotatable bonds is 6. The lowest BCUT2D eigenvalue weighted by Crippen LogP contribution is -2.30. The molecule has 3 heteroatoms. The van der Waals surface area contributed by atoms with Gasteiger partial charge in [-0.2, -0.15) is 0 Å². The van der Waals surface area contributed by atoms with E-state index in [-0.39, 0.29) is 0 Å². The molecule has 1 aliphatic heterocycles. The van der Waals surface area contributed by atoms with Gasteiger partial charge in [0.25, 0.3) is 0 Å². The van der Waals surface area contributed by atoms with Gasteiger partial charge in [-0.25, -0.2) is 0 Å². The quantitative estimate of drug-likeness (QED) is 0.850. The topological polar surface area (TPSA) is 30.5 Å². The maximum Gasteiger partial charge on any atom is 0.161 e. The Labute approximate surface area is 122 Å². The highest BCUT2D eigenvalue weighted by Crippen LogP contribution is 2.32. The first kappa shape index (κ1) is 15.2. The van der Waals surface area contributed by atoms with E-state index in [0.29, 0.717) is 12.1 Å². The van der Waals surface area contributed by atoms with Crippen molar-refractivity contribution in [3.05, 3.63) is 23.8 Å². The van der Waals surface area contributed by atoms with Crippen LogP contribution in [0.25, 0.3) is 0 Å². The molecule has 1 N–H and O–H groups in total. The van der Waals surface area contributed by atoms with Gasteiger partial charge in [-0.1, -0.05) is 26.3 Å². The fraction of sp³-hybridized carbons (Fsp3) is 0.647. The van der Waals surface area contributed by atoms with Gasteiger partial charge in [0.05, 0.1) is 13.2 Å². The van der Waals surface area contributed by atoms with Crippen LogP contribution in [0.5, 0.6) is 11.5 Å². The molecule has 0 spiro atoms. The van der Waals surface area contributed by atoms with Crippen LogP contribution in [0, 0.1) is 0 Å². The van der Waals surface area contributed by atoms with E-state index < -0.39 is 0 Å². The van der Waals surface area contributed by atoms with Gasteiger partial charge in [-0.15, -0.1) is 0 Å². The maximum absolute atomic E-state index is 5.77. The highest BCUT2D eigenvalue weighted by atomic mass is 16.5. The molecule has 0 radical (unpaired) electrons. The fourth-order valence-corrected chi connectivity index (χ4v) is 2.65. The van der Waals surface area contributed by atoms with Gasteiger partial charge in [-0.3, -0.25) is 0 Å². The summed E-state index contributed by atoms with van der Waals surface area (Å²) in [4.78, 5) is 0. The van der Waals surface area contributed by atoms with E-state index in [9.17, 15) is 0 Å². The summed E-state index contributed by atoms with van der Waals surface area (Å²) in [6.45, 7) is 8.19. The second-order valence-corrected chi connectivity index (χ2v) is 5.54. The van der Waals surface area contributed by atoms with Crippen LogP contribution in [0.1, 0.15) is 58.1 Å². The molecule has 1 aliphatic rings. The largest absolute Gasteiger partial charge is 0.490 e. The Morgan fingerprint density at radius 3 is 2.60 bits per heavy atom. The van der Waals surface area contributed by atoms with Gasteiger partial charge in [0.15, 0.2) is 11.5 Å². The third-order valence-electron chi connectivity index (χ3n) is 3.89. The smallest absolute Gasteiger partial charge is 0.161 e. The lowest BCUT2D eigenvalue weighted by molar-refractivity contribution is 0.297. The molecule has 2 rings (SSSR count). The molecule has 1 aromatic rings. The van der Waals surface area contributed by atoms with Crippen LogP contribution in [-0.2, 0) is 0 Å². The predicted molar refractivity (Wildman–Crippen MR) is 82.6 cm³/mol. The minimum absolute atomic E-state index is 0.337. The minimum Gasteiger partial charge on any atom is -0.490 e. The van der Waals surface area contributed by atoms with Crippen molar-refractivity contribution in [1.82, 2.24) is 5.32 Å². The van der Waals surface area contributed by atoms with Crippen molar-refractivity contribution in [2.45, 2.75) is 58.5 Å². The highest BCUT2D eigenvalue weighted by molar-refractivity contribution is 5.44. The zero-order chi connectivity index (χ0) is 14.4. The van der Waals surface area contributed by atoms with Gasteiger partial charge < -0.3 is 14.8 Å². The van der Waals surface area contributed by atoms with Crippen LogP contribution in [-0.4, -0.2) is 19.3 Å². The number of nitrogens with one attached hydrogen (secondary N) is 1. The molecular weight excluding hydrogens is 250 g/mol. The summed E-state index contributed by atoms with van der Waals surface area (Å²) in [5.41, 5.74) is 1.27. The highest BCUT2D eigenvalue weighted by Gasteiger charge is 2.15. The van der Waals surface area contributed by atoms with E-state index in [0.717, 1.165) is 31.1 Å². The lowest BCUT2D eigenvalue weighted by Gasteiger charge is -2.23. The van der Waals surface area contributed by atoms with Crippen LogP contribution in [0.2, 0.25) is 0 Å². The Morgan fingerprint density at radius 2 is 1.90 bits per heavy atom. The van der Waals surface area contributed by atoms with Crippen molar-refractivity contribution >= 4 is 0 Å². The van der Waals surface area contributed by atoms with Crippen LogP contribution in [0.4, 0.5) is 0 Å². The number of fused-ring (bicyclic) bond motifs is 1. The second kappa shape index (κ2) is 7.53. The lowest BCUT2D eigenvalue weighted by atomic mass is 10.0. The molecule has 0 aliphatic carbocycles. The molecule has 2 unspecified atom stereocenters. The van der Waals surface area contributed by atoms with Crippen molar-refractivity contribution in [2.24, 2.45) is 0 Å². The van der Waals surface area contributed by atoms with Crippen molar-refractivity contribution in [1.29, 1.82) is 0 Å². The molecule has 112 valence electrons. The molecule has 1 aromatic carbocycles. The van der Waals surface area contributed by atoms with E-state index >= 15 is 0 Å². The first-order valence-electron chi connectivity index (χ1n) is 7.90. The summed E-state index contributed by atoms with van der Waals surface area (Å²) in [6.07, 6.45) is 4.57. The molecular formula is C17H27NO2. The Kier molecular flexibility index (Phi) is 5.72. The summed E-state index contributed by atoms with van der Waals surface area (Å²) in [5.74, 6) is 1.76. The van der Waals surface area contributed by atoms with Crippen LogP contribution in [0.3, 0.4) is 0 Å². The SMILES string of the molecule is CCCC(CC)NC(C)c1ccc2c(c1)OCCCO2. The summed E-state index contributed by atoms with van der Waals surface area (Å²) < 4.78 is 11.4. The number of hydrogen-bond acceptors (Lipinski definition) is 3. The average Bonchev–Trinajstić information content (AvgIpc) is 2.71. The second-order valence-electron chi connectivity index (χ2n) is 5.54. The van der Waals surface area contributed by atoms with E-state index in [1.807, 2.05) is 6.07 Å². The first-order chi connectivity index (χ1) is 9.74. The zero-order valence-electron chi connectivity index (χ0n) is 12.9. The molecule has 0 saturated carbocycles. The molecule has 1 heterocycles. The molecule has 20 heavy (non-hydrogen) atoms. The molecule has 0 fully saturated rings. The minimum atomic E-state index is 0.337. The van der Waals surface area contributed by atoms with Gasteiger partial charge in [-0.05, 0) is 37.5 Å². The molecule has 0 saturated heterocycles. The molecule has 0 amide bonds. The third kappa shape index (κ3) is 3.89. The van der Waals surface area contributed by atoms with Crippen molar-refractivity contribution < 1.29 is 9.47 Å². The van der Waals surface area contributed by atoms with E-state index in [2.05, 4.69) is 38.2 Å². The van der Waals surface area contributed by atoms with E-state index in [4.69, 9.17) is 9.47 Å². The third-order valence-corrected chi connectivity index (χ3v) is 3.89. The number of ether oxygens (including phenoxy) is 2. The van der Waals surface area contributed by atoms with Crippen LogP contribution in [0.15, 0.2) is 18.2 Å². The monoisotopic (exact) mass is 277 g/mol. The molecule has 2 atom stereocenters. The summed E-state index contributed by atoms with van der Waals surface area (Å²) >= 11 is 0. The Hall–Kier alpha value is -1.22. The molecule has 0 aromatic heterocycles. The van der Waals surface area contributed by atoms with Crippen molar-refractivity contribution in [3.63, 3.8) is 0 Å². The van der Waals surface area contributed by atoms with E-state index in [1.54, 1.807) is 0 Å². The molecule has 0 bridgehead atoms. The Balaban J connectivity index is 2.06. The Bertz CT molecular complexity index is 419. The van der Waals surface area contributed by atoms with Gasteiger partial charge in [0.1, 0.15) is 0 Å². The van der Waals surface area contributed by atoms with Gasteiger partial charge in [0, 0.05) is 18.5 Å². The van der Waals surface area contributed by atoms with Crippen LogP contribution >= 0.6 is 0 Å². The first-order valence-corrected chi connectivity index (χ1v) is 7.90. The van der Waals surface area contributed by atoms with Crippen LogP contribution < -0.4 is 14.8 Å². The Morgan fingerprint density at radius 1 is 1.15 bits per heavy atom. The van der Waals surface area contributed by atoms with E-state index in [1.165, 1.54) is 24.8 Å². The van der Waals surface area contributed by atoms with Gasteiger partial charge >= 0.3 is 0 Å². The van der Waals surface area contributed by atoms with Crippen molar-refractivity contribution in [3.8, 4) is 11.5 Å². The number of hydrogen-bond donors (Lipinski definition) is 1. The molecule has 3 nitrogen and oxygen atoms in total. The predicted octanol–water partition coefficient (Wildman–Crippen LogP) is 4.08.